The lowest BCUT2D eigenvalue weighted by atomic mass is 10.1. The molecule has 23 heavy (non-hydrogen) atoms. The standard InChI is InChI=1S/C13H9F5N2O2S/c14-12(15)5-7(12)8(21)3-1-6-2-4-9(23-6)10-19-11(22-20-10)13(16,17)18/h2,4,7H,1,3,5H2. The Morgan fingerprint density at radius 2 is 2.09 bits per heavy atom. The maximum Gasteiger partial charge on any atom is 0.471 e. The molecule has 1 aliphatic carbocycles. The second-order valence-electron chi connectivity index (χ2n) is 5.17. The van der Waals surface area contributed by atoms with Crippen LogP contribution in [0.25, 0.3) is 10.7 Å². The van der Waals surface area contributed by atoms with E-state index in [1.165, 1.54) is 6.07 Å². The number of thiophene rings is 1. The molecule has 0 radical (unpaired) electrons. The van der Waals surface area contributed by atoms with Gasteiger partial charge in [-0.3, -0.25) is 4.79 Å². The SMILES string of the molecule is O=C(CCc1ccc(-c2noc(C(F)(F)F)n2)s1)C1CC1(F)F. The van der Waals surface area contributed by atoms with Crippen molar-refractivity contribution in [3.8, 4) is 10.7 Å². The van der Waals surface area contributed by atoms with Crippen LogP contribution in [0.4, 0.5) is 22.0 Å². The number of carbonyl (C=O) groups excluding carboxylic acids is 1. The van der Waals surface area contributed by atoms with Gasteiger partial charge in [-0.2, -0.15) is 18.2 Å². The van der Waals surface area contributed by atoms with E-state index < -0.39 is 36.1 Å². The highest BCUT2D eigenvalue weighted by Crippen LogP contribution is 2.49. The number of nitrogens with zero attached hydrogens (tertiary/aromatic N) is 2. The first kappa shape index (κ1) is 16.0. The Bertz CT molecular complexity index is 737. The number of hydrogen-bond donors (Lipinski definition) is 0. The van der Waals surface area contributed by atoms with Crippen molar-refractivity contribution in [2.75, 3.05) is 0 Å². The lowest BCUT2D eigenvalue weighted by molar-refractivity contribution is -0.159. The summed E-state index contributed by atoms with van der Waals surface area (Å²) in [5.41, 5.74) is 0. The van der Waals surface area contributed by atoms with E-state index in [0.29, 0.717) is 9.75 Å². The number of aryl methyl sites for hydroxylation is 1. The van der Waals surface area contributed by atoms with Gasteiger partial charge in [0.05, 0.1) is 10.8 Å². The first-order chi connectivity index (χ1) is 10.7. The average molecular weight is 352 g/mol. The van der Waals surface area contributed by atoms with Crippen LogP contribution >= 0.6 is 11.3 Å². The number of carbonyl (C=O) groups is 1. The number of halogens is 5. The Hall–Kier alpha value is -1.84. The Morgan fingerprint density at radius 3 is 2.65 bits per heavy atom. The summed E-state index contributed by atoms with van der Waals surface area (Å²) in [5, 5.41) is 3.26. The molecular weight excluding hydrogens is 343 g/mol. The van der Waals surface area contributed by atoms with Crippen molar-refractivity contribution in [1.29, 1.82) is 0 Å². The predicted octanol–water partition coefficient (Wildman–Crippen LogP) is 3.97. The molecule has 2 heterocycles. The smallest absolute Gasteiger partial charge is 0.329 e. The van der Waals surface area contributed by atoms with Gasteiger partial charge in [-0.15, -0.1) is 11.3 Å². The first-order valence-corrected chi connectivity index (χ1v) is 7.39. The molecule has 0 saturated heterocycles. The van der Waals surface area contributed by atoms with Crippen molar-refractivity contribution >= 4 is 17.1 Å². The minimum absolute atomic E-state index is 0.0275. The molecule has 2 aromatic heterocycles. The summed E-state index contributed by atoms with van der Waals surface area (Å²) in [6.07, 6.45) is -4.89. The molecule has 0 amide bonds. The van der Waals surface area contributed by atoms with Gasteiger partial charge < -0.3 is 4.52 Å². The first-order valence-electron chi connectivity index (χ1n) is 6.57. The number of rotatable bonds is 5. The number of ketones is 1. The lowest BCUT2D eigenvalue weighted by Gasteiger charge is -1.97. The molecule has 1 atom stereocenters. The molecule has 1 aliphatic rings. The van der Waals surface area contributed by atoms with Crippen LogP contribution in [0.1, 0.15) is 23.6 Å². The van der Waals surface area contributed by atoms with Crippen LogP contribution in [0, 0.1) is 5.92 Å². The van der Waals surface area contributed by atoms with Gasteiger partial charge in [-0.05, 0) is 18.6 Å². The topological polar surface area (TPSA) is 56.0 Å². The summed E-state index contributed by atoms with van der Waals surface area (Å²) in [6, 6.07) is 3.10. The maximum atomic E-state index is 12.8. The van der Waals surface area contributed by atoms with E-state index in [1.807, 2.05) is 0 Å². The number of aromatic nitrogens is 2. The molecule has 1 saturated carbocycles. The van der Waals surface area contributed by atoms with Crippen molar-refractivity contribution in [3.63, 3.8) is 0 Å². The number of Topliss-reactive ketones (excluding diaryl/α,β-unsaturated/α-hetero) is 1. The Kier molecular flexibility index (Phi) is 3.74. The molecule has 1 unspecified atom stereocenters. The molecule has 2 aromatic rings. The van der Waals surface area contributed by atoms with Gasteiger partial charge in [0.1, 0.15) is 5.78 Å². The van der Waals surface area contributed by atoms with Crippen LogP contribution in [0.15, 0.2) is 16.7 Å². The van der Waals surface area contributed by atoms with Crippen LogP contribution in [-0.4, -0.2) is 21.8 Å². The minimum Gasteiger partial charge on any atom is -0.329 e. The summed E-state index contributed by atoms with van der Waals surface area (Å²) < 4.78 is 66.8. The Balaban J connectivity index is 1.62. The highest BCUT2D eigenvalue weighted by molar-refractivity contribution is 7.15. The molecule has 124 valence electrons. The van der Waals surface area contributed by atoms with Crippen LogP contribution in [0.2, 0.25) is 0 Å². The highest BCUT2D eigenvalue weighted by Gasteiger charge is 2.60. The summed E-state index contributed by atoms with van der Waals surface area (Å²) in [7, 11) is 0. The van der Waals surface area contributed by atoms with E-state index in [0.717, 1.165) is 11.3 Å². The average Bonchev–Trinajstić information content (AvgIpc) is 2.92. The van der Waals surface area contributed by atoms with Gasteiger partial charge in [0.15, 0.2) is 0 Å². The van der Waals surface area contributed by atoms with E-state index in [-0.39, 0.29) is 18.7 Å². The van der Waals surface area contributed by atoms with Gasteiger partial charge in [0.25, 0.3) is 5.92 Å². The van der Waals surface area contributed by atoms with E-state index in [1.54, 1.807) is 6.07 Å². The molecule has 10 heteroatoms. The fourth-order valence-electron chi connectivity index (χ4n) is 2.05. The second-order valence-corrected chi connectivity index (χ2v) is 6.34. The van der Waals surface area contributed by atoms with Gasteiger partial charge in [0, 0.05) is 17.7 Å². The van der Waals surface area contributed by atoms with Gasteiger partial charge in [0.2, 0.25) is 5.82 Å². The molecule has 0 aliphatic heterocycles. The molecule has 1 fully saturated rings. The summed E-state index contributed by atoms with van der Waals surface area (Å²) >= 11 is 1.09. The largest absolute Gasteiger partial charge is 0.471 e. The molecule has 0 bridgehead atoms. The van der Waals surface area contributed by atoms with E-state index in [4.69, 9.17) is 0 Å². The lowest BCUT2D eigenvalue weighted by Crippen LogP contribution is -2.08. The Labute approximate surface area is 130 Å². The van der Waals surface area contributed by atoms with E-state index in [9.17, 15) is 26.7 Å². The normalized spacial score (nSPS) is 19.8. The van der Waals surface area contributed by atoms with Gasteiger partial charge >= 0.3 is 12.1 Å². The quantitative estimate of drug-likeness (QED) is 0.764. The Morgan fingerprint density at radius 1 is 1.39 bits per heavy atom. The van der Waals surface area contributed by atoms with Crippen molar-refractivity contribution in [2.45, 2.75) is 31.4 Å². The van der Waals surface area contributed by atoms with Gasteiger partial charge in [-0.25, -0.2) is 8.78 Å². The maximum absolute atomic E-state index is 12.8. The fourth-order valence-corrected chi connectivity index (χ4v) is 2.99. The third kappa shape index (κ3) is 3.41. The van der Waals surface area contributed by atoms with Crippen molar-refractivity contribution < 1.29 is 31.3 Å². The van der Waals surface area contributed by atoms with E-state index >= 15 is 0 Å². The van der Waals surface area contributed by atoms with Crippen LogP contribution in [-0.2, 0) is 17.4 Å². The van der Waals surface area contributed by atoms with Crippen molar-refractivity contribution in [2.24, 2.45) is 5.92 Å². The third-order valence-corrected chi connectivity index (χ3v) is 4.52. The summed E-state index contributed by atoms with van der Waals surface area (Å²) in [4.78, 5) is 15.8. The number of alkyl halides is 5. The molecule has 0 aromatic carbocycles. The van der Waals surface area contributed by atoms with E-state index in [2.05, 4.69) is 14.7 Å². The zero-order chi connectivity index (χ0) is 16.8. The van der Waals surface area contributed by atoms with Gasteiger partial charge in [-0.1, -0.05) is 5.16 Å². The molecule has 4 nitrogen and oxygen atoms in total. The fraction of sp³-hybridized carbons (Fsp3) is 0.462. The molecule has 0 spiro atoms. The van der Waals surface area contributed by atoms with Crippen molar-refractivity contribution in [1.82, 2.24) is 10.1 Å². The highest BCUT2D eigenvalue weighted by atomic mass is 32.1. The second kappa shape index (κ2) is 5.36. The minimum atomic E-state index is -4.72. The molecule has 0 N–H and O–H groups in total. The number of hydrogen-bond acceptors (Lipinski definition) is 5. The molecular formula is C13H9F5N2O2S. The molecule has 3 rings (SSSR count). The monoisotopic (exact) mass is 352 g/mol. The zero-order valence-electron chi connectivity index (χ0n) is 11.4. The summed E-state index contributed by atoms with van der Waals surface area (Å²) in [5.74, 6) is -6.20. The van der Waals surface area contributed by atoms with Crippen LogP contribution in [0.5, 0.6) is 0 Å². The van der Waals surface area contributed by atoms with Crippen LogP contribution in [0.3, 0.4) is 0 Å². The van der Waals surface area contributed by atoms with Crippen LogP contribution < -0.4 is 0 Å². The summed E-state index contributed by atoms with van der Waals surface area (Å²) in [6.45, 7) is 0. The third-order valence-electron chi connectivity index (χ3n) is 3.38. The predicted molar refractivity (Wildman–Crippen MR) is 69.0 cm³/mol. The van der Waals surface area contributed by atoms with Crippen molar-refractivity contribution in [3.05, 3.63) is 22.9 Å². The zero-order valence-corrected chi connectivity index (χ0v) is 12.2.